The van der Waals surface area contributed by atoms with Gasteiger partial charge in [0, 0.05) is 12.4 Å². The number of amides is 1. The first kappa shape index (κ1) is 15.9. The first-order chi connectivity index (χ1) is 11.8. The predicted octanol–water partition coefficient (Wildman–Crippen LogP) is 3.39. The minimum absolute atomic E-state index is 0.0269. The fourth-order valence-corrected chi connectivity index (χ4v) is 2.62. The van der Waals surface area contributed by atoms with Crippen LogP contribution in [-0.4, -0.2) is 17.6 Å². The zero-order valence-corrected chi connectivity index (χ0v) is 13.5. The molecule has 1 amide bonds. The van der Waals surface area contributed by atoms with Crippen LogP contribution in [0.4, 0.5) is 0 Å². The fourth-order valence-electron chi connectivity index (χ4n) is 2.62. The molecule has 5 nitrogen and oxygen atoms in total. The molecule has 0 fully saturated rings. The van der Waals surface area contributed by atoms with Crippen LogP contribution < -0.4 is 10.1 Å². The number of ether oxygens (including phenoxy) is 1. The molecular weight excluding hydrogens is 304 g/mol. The molecule has 124 valence electrons. The summed E-state index contributed by atoms with van der Waals surface area (Å²) in [4.78, 5) is 12.3. The Morgan fingerprint density at radius 2 is 1.92 bits per heavy atom. The lowest BCUT2D eigenvalue weighted by Gasteiger charge is -2.19. The van der Waals surface area contributed by atoms with Crippen molar-refractivity contribution >= 4 is 5.91 Å². The van der Waals surface area contributed by atoms with Crippen LogP contribution in [-0.2, 0) is 11.3 Å². The standard InChI is InChI=1S/C19H20N2O3/c1-23-16-8-6-15(7-9-16)18(21-10-2-3-11-21)13-19(22)20-14-17-5-4-12-24-17/h2-12,18H,13-14H2,1H3,(H,20,22)/t18-/m0/s1. The molecule has 0 unspecified atom stereocenters. The third-order valence-corrected chi connectivity index (χ3v) is 3.91. The first-order valence-corrected chi connectivity index (χ1v) is 7.82. The van der Waals surface area contributed by atoms with Gasteiger partial charge < -0.3 is 19.0 Å². The molecule has 24 heavy (non-hydrogen) atoms. The van der Waals surface area contributed by atoms with Gasteiger partial charge in [0.25, 0.3) is 0 Å². The Morgan fingerprint density at radius 3 is 2.54 bits per heavy atom. The number of nitrogens with one attached hydrogen (secondary N) is 1. The Hall–Kier alpha value is -2.95. The van der Waals surface area contributed by atoms with Gasteiger partial charge in [-0.2, -0.15) is 0 Å². The van der Waals surface area contributed by atoms with Gasteiger partial charge in [-0.05, 0) is 42.0 Å². The maximum absolute atomic E-state index is 12.3. The maximum atomic E-state index is 12.3. The molecule has 1 N–H and O–H groups in total. The van der Waals surface area contributed by atoms with Gasteiger partial charge in [0.2, 0.25) is 5.91 Å². The van der Waals surface area contributed by atoms with Crippen LogP contribution in [0.25, 0.3) is 0 Å². The lowest BCUT2D eigenvalue weighted by Crippen LogP contribution is -2.26. The van der Waals surface area contributed by atoms with Crippen molar-refractivity contribution < 1.29 is 13.9 Å². The van der Waals surface area contributed by atoms with Gasteiger partial charge in [0.05, 0.1) is 32.4 Å². The average molecular weight is 324 g/mol. The topological polar surface area (TPSA) is 56.4 Å². The lowest BCUT2D eigenvalue weighted by molar-refractivity contribution is -0.121. The zero-order valence-electron chi connectivity index (χ0n) is 13.5. The minimum atomic E-state index is -0.0671. The molecule has 3 rings (SSSR count). The second-order valence-corrected chi connectivity index (χ2v) is 5.48. The molecule has 5 heteroatoms. The molecule has 2 heterocycles. The number of benzene rings is 1. The Kier molecular flexibility index (Phi) is 5.01. The first-order valence-electron chi connectivity index (χ1n) is 7.82. The van der Waals surface area contributed by atoms with E-state index in [9.17, 15) is 4.79 Å². The van der Waals surface area contributed by atoms with Crippen LogP contribution in [0.5, 0.6) is 5.75 Å². The van der Waals surface area contributed by atoms with Crippen molar-refractivity contribution in [2.75, 3.05) is 7.11 Å². The summed E-state index contributed by atoms with van der Waals surface area (Å²) < 4.78 is 12.5. The SMILES string of the molecule is COc1ccc([C@H](CC(=O)NCc2ccco2)n2cccc2)cc1. The van der Waals surface area contributed by atoms with Gasteiger partial charge in [0.15, 0.2) is 0 Å². The van der Waals surface area contributed by atoms with E-state index in [1.54, 1.807) is 13.4 Å². The molecule has 0 saturated heterocycles. The van der Waals surface area contributed by atoms with Crippen LogP contribution in [0.15, 0.2) is 71.6 Å². The van der Waals surface area contributed by atoms with Crippen LogP contribution >= 0.6 is 0 Å². The van der Waals surface area contributed by atoms with Gasteiger partial charge in [-0.1, -0.05) is 12.1 Å². The molecule has 0 bridgehead atoms. The normalized spacial score (nSPS) is 11.9. The third-order valence-electron chi connectivity index (χ3n) is 3.91. The number of hydrogen-bond acceptors (Lipinski definition) is 3. The fraction of sp³-hybridized carbons (Fsp3) is 0.211. The van der Waals surface area contributed by atoms with Crippen molar-refractivity contribution in [2.24, 2.45) is 0 Å². The van der Waals surface area contributed by atoms with E-state index in [2.05, 4.69) is 5.32 Å². The van der Waals surface area contributed by atoms with E-state index in [0.717, 1.165) is 17.1 Å². The Labute approximate surface area is 140 Å². The average Bonchev–Trinajstić information content (AvgIpc) is 3.31. The van der Waals surface area contributed by atoms with E-state index in [1.165, 1.54) is 0 Å². The van der Waals surface area contributed by atoms with Crippen LogP contribution in [0.1, 0.15) is 23.8 Å². The number of carbonyl (C=O) groups is 1. The molecule has 3 aromatic rings. The van der Waals surface area contributed by atoms with Crippen molar-refractivity contribution in [1.82, 2.24) is 9.88 Å². The van der Waals surface area contributed by atoms with Crippen molar-refractivity contribution in [2.45, 2.75) is 19.0 Å². The maximum Gasteiger partial charge on any atom is 0.222 e. The Bertz CT molecular complexity index is 747. The Morgan fingerprint density at radius 1 is 1.17 bits per heavy atom. The lowest BCUT2D eigenvalue weighted by atomic mass is 10.0. The summed E-state index contributed by atoms with van der Waals surface area (Å²) in [6, 6.07) is 15.3. The van der Waals surface area contributed by atoms with Gasteiger partial charge in [0.1, 0.15) is 11.5 Å². The molecule has 0 saturated carbocycles. The number of rotatable bonds is 7. The summed E-state index contributed by atoms with van der Waals surface area (Å²) in [6.45, 7) is 0.396. The number of furan rings is 1. The molecule has 0 aliphatic carbocycles. The quantitative estimate of drug-likeness (QED) is 0.725. The van der Waals surface area contributed by atoms with E-state index in [1.807, 2.05) is 65.5 Å². The number of methoxy groups -OCH3 is 1. The number of nitrogens with zero attached hydrogens (tertiary/aromatic N) is 1. The smallest absolute Gasteiger partial charge is 0.222 e. The van der Waals surface area contributed by atoms with Crippen LogP contribution in [0.3, 0.4) is 0 Å². The molecule has 0 aliphatic rings. The van der Waals surface area contributed by atoms with Crippen molar-refractivity contribution in [3.8, 4) is 5.75 Å². The zero-order chi connectivity index (χ0) is 16.8. The minimum Gasteiger partial charge on any atom is -0.497 e. The molecular formula is C19H20N2O3. The second-order valence-electron chi connectivity index (χ2n) is 5.48. The summed E-state index contributed by atoms with van der Waals surface area (Å²) in [5.41, 5.74) is 1.06. The van der Waals surface area contributed by atoms with Crippen molar-refractivity contribution in [3.05, 3.63) is 78.5 Å². The van der Waals surface area contributed by atoms with Gasteiger partial charge in [-0.3, -0.25) is 4.79 Å². The molecule has 1 atom stereocenters. The highest BCUT2D eigenvalue weighted by Gasteiger charge is 2.17. The molecule has 2 aromatic heterocycles. The van der Waals surface area contributed by atoms with Crippen molar-refractivity contribution in [3.63, 3.8) is 0 Å². The summed E-state index contributed by atoms with van der Waals surface area (Å²) in [5.74, 6) is 1.51. The monoisotopic (exact) mass is 324 g/mol. The van der Waals surface area contributed by atoms with Gasteiger partial charge >= 0.3 is 0 Å². The largest absolute Gasteiger partial charge is 0.497 e. The summed E-state index contributed by atoms with van der Waals surface area (Å²) in [7, 11) is 1.64. The van der Waals surface area contributed by atoms with E-state index in [4.69, 9.17) is 9.15 Å². The Balaban J connectivity index is 1.71. The summed E-state index contributed by atoms with van der Waals surface area (Å²) >= 11 is 0. The molecule has 0 aliphatic heterocycles. The highest BCUT2D eigenvalue weighted by atomic mass is 16.5. The number of hydrogen-bond donors (Lipinski definition) is 1. The predicted molar refractivity (Wildman–Crippen MR) is 90.7 cm³/mol. The van der Waals surface area contributed by atoms with Gasteiger partial charge in [-0.15, -0.1) is 0 Å². The van der Waals surface area contributed by atoms with E-state index in [0.29, 0.717) is 13.0 Å². The molecule has 0 radical (unpaired) electrons. The summed E-state index contributed by atoms with van der Waals surface area (Å²) in [6.07, 6.45) is 5.88. The van der Waals surface area contributed by atoms with Crippen LogP contribution in [0.2, 0.25) is 0 Å². The molecule has 1 aromatic carbocycles. The second kappa shape index (κ2) is 7.55. The van der Waals surface area contributed by atoms with Crippen LogP contribution in [0, 0.1) is 0 Å². The molecule has 0 spiro atoms. The number of aromatic nitrogens is 1. The highest BCUT2D eigenvalue weighted by molar-refractivity contribution is 5.76. The van der Waals surface area contributed by atoms with E-state index < -0.39 is 0 Å². The van der Waals surface area contributed by atoms with E-state index >= 15 is 0 Å². The number of carbonyl (C=O) groups excluding carboxylic acids is 1. The highest BCUT2D eigenvalue weighted by Crippen LogP contribution is 2.24. The van der Waals surface area contributed by atoms with Gasteiger partial charge in [-0.25, -0.2) is 0 Å². The third kappa shape index (κ3) is 3.87. The van der Waals surface area contributed by atoms with Crippen molar-refractivity contribution in [1.29, 1.82) is 0 Å². The summed E-state index contributed by atoms with van der Waals surface area (Å²) in [5, 5.41) is 2.90. The van der Waals surface area contributed by atoms with E-state index in [-0.39, 0.29) is 11.9 Å².